The van der Waals surface area contributed by atoms with Crippen molar-refractivity contribution in [1.29, 1.82) is 0 Å². The predicted molar refractivity (Wildman–Crippen MR) is 90.8 cm³/mol. The molecule has 1 nitrogen and oxygen atoms in total. The molecule has 0 spiro atoms. The minimum Gasteiger partial charge on any atom is -0.306 e. The fraction of sp³-hybridized carbons (Fsp3) is 0.412. The van der Waals surface area contributed by atoms with Crippen LogP contribution in [0.25, 0.3) is 0 Å². The zero-order valence-electron chi connectivity index (χ0n) is 12.4. The number of rotatable bonds is 4. The number of fused-ring (bicyclic) bond motifs is 1. The summed E-state index contributed by atoms with van der Waals surface area (Å²) in [6.07, 6.45) is 1.17. The Morgan fingerprint density at radius 1 is 1.33 bits per heavy atom. The topological polar surface area (TPSA) is 12.0 Å². The molecule has 0 saturated heterocycles. The lowest BCUT2D eigenvalue weighted by Gasteiger charge is -2.17. The first-order valence-corrected chi connectivity index (χ1v) is 9.34. The maximum absolute atomic E-state index is 13.9. The van der Waals surface area contributed by atoms with Crippen molar-refractivity contribution in [2.24, 2.45) is 0 Å². The van der Waals surface area contributed by atoms with Crippen molar-refractivity contribution >= 4 is 23.1 Å². The van der Waals surface area contributed by atoms with Crippen LogP contribution in [0.5, 0.6) is 0 Å². The molecule has 0 bridgehead atoms. The van der Waals surface area contributed by atoms with Gasteiger partial charge in [0.2, 0.25) is 0 Å². The largest absolute Gasteiger partial charge is 0.306 e. The third-order valence-electron chi connectivity index (χ3n) is 3.87. The zero-order valence-corrected chi connectivity index (χ0v) is 14.0. The number of hydrogen-bond donors (Lipinski definition) is 1. The summed E-state index contributed by atoms with van der Waals surface area (Å²) in [5.74, 6) is 2.22. The van der Waals surface area contributed by atoms with Gasteiger partial charge >= 0.3 is 0 Å². The molecule has 1 N–H and O–H groups in total. The molecule has 3 rings (SSSR count). The summed E-state index contributed by atoms with van der Waals surface area (Å²) in [6.45, 7) is 4.78. The summed E-state index contributed by atoms with van der Waals surface area (Å²) in [7, 11) is 0. The molecule has 0 aliphatic carbocycles. The van der Waals surface area contributed by atoms with E-state index in [1.165, 1.54) is 27.5 Å². The van der Waals surface area contributed by atoms with Crippen molar-refractivity contribution in [2.45, 2.75) is 32.1 Å². The molecule has 1 aliphatic rings. The monoisotopic (exact) mass is 321 g/mol. The molecule has 0 saturated carbocycles. The Hall–Kier alpha value is -0.840. The van der Waals surface area contributed by atoms with Gasteiger partial charge in [-0.05, 0) is 54.5 Å². The van der Waals surface area contributed by atoms with Gasteiger partial charge in [-0.1, -0.05) is 19.1 Å². The molecule has 0 fully saturated rings. The molecule has 1 atom stereocenters. The van der Waals surface area contributed by atoms with Crippen molar-refractivity contribution in [2.75, 3.05) is 12.3 Å². The third kappa shape index (κ3) is 3.17. The highest BCUT2D eigenvalue weighted by Gasteiger charge is 2.20. The average Bonchev–Trinajstić information content (AvgIpc) is 2.91. The summed E-state index contributed by atoms with van der Waals surface area (Å²) in [5, 5.41) is 3.51. The highest BCUT2D eigenvalue weighted by molar-refractivity contribution is 7.98. The molecule has 1 aromatic heterocycles. The lowest BCUT2D eigenvalue weighted by atomic mass is 10.0. The number of halogens is 1. The second-order valence-corrected chi connectivity index (χ2v) is 7.67. The molecule has 1 aromatic carbocycles. The summed E-state index contributed by atoms with van der Waals surface area (Å²) < 4.78 is 13.9. The standard InChI is InChI=1S/C17H20FNS2/c1-3-19-17(12-5-4-11(2)14(18)8-12)16-9-13-10-20-7-6-15(13)21-16/h4-5,8-9,17,19H,3,6-7,10H2,1-2H3. The zero-order chi connectivity index (χ0) is 14.8. The van der Waals surface area contributed by atoms with E-state index in [0.29, 0.717) is 5.56 Å². The second-order valence-electron chi connectivity index (χ2n) is 5.40. The minimum absolute atomic E-state index is 0.103. The fourth-order valence-electron chi connectivity index (χ4n) is 2.69. The van der Waals surface area contributed by atoms with E-state index in [1.807, 2.05) is 42.2 Å². The Kier molecular flexibility index (Phi) is 4.67. The maximum atomic E-state index is 13.9. The van der Waals surface area contributed by atoms with Crippen LogP contribution in [-0.2, 0) is 12.2 Å². The van der Waals surface area contributed by atoms with Crippen molar-refractivity contribution in [3.63, 3.8) is 0 Å². The van der Waals surface area contributed by atoms with E-state index in [1.54, 1.807) is 6.07 Å². The Morgan fingerprint density at radius 3 is 2.90 bits per heavy atom. The lowest BCUT2D eigenvalue weighted by Crippen LogP contribution is -2.21. The molecule has 0 amide bonds. The van der Waals surface area contributed by atoms with E-state index in [9.17, 15) is 4.39 Å². The Labute approximate surface area is 134 Å². The fourth-order valence-corrected chi connectivity index (χ4v) is 5.17. The van der Waals surface area contributed by atoms with Gasteiger partial charge in [0.1, 0.15) is 5.82 Å². The number of thioether (sulfide) groups is 1. The van der Waals surface area contributed by atoms with E-state index < -0.39 is 0 Å². The summed E-state index contributed by atoms with van der Waals surface area (Å²) in [4.78, 5) is 2.83. The van der Waals surface area contributed by atoms with Crippen LogP contribution < -0.4 is 5.32 Å². The Bertz CT molecular complexity index is 612. The minimum atomic E-state index is -0.118. The Morgan fingerprint density at radius 2 is 2.19 bits per heavy atom. The molecule has 2 aromatic rings. The third-order valence-corrected chi connectivity index (χ3v) is 6.18. The van der Waals surface area contributed by atoms with E-state index in [2.05, 4.69) is 18.3 Å². The van der Waals surface area contributed by atoms with Crippen LogP contribution in [0.3, 0.4) is 0 Å². The van der Waals surface area contributed by atoms with E-state index >= 15 is 0 Å². The quantitative estimate of drug-likeness (QED) is 0.877. The molecular weight excluding hydrogens is 301 g/mol. The van der Waals surface area contributed by atoms with Crippen LogP contribution in [0.1, 0.15) is 39.4 Å². The van der Waals surface area contributed by atoms with Crippen LogP contribution >= 0.6 is 23.1 Å². The Balaban J connectivity index is 1.96. The van der Waals surface area contributed by atoms with Crippen molar-refractivity contribution in [3.8, 4) is 0 Å². The molecule has 0 radical (unpaired) electrons. The van der Waals surface area contributed by atoms with E-state index in [0.717, 1.165) is 17.9 Å². The van der Waals surface area contributed by atoms with Crippen molar-refractivity contribution in [3.05, 3.63) is 56.5 Å². The van der Waals surface area contributed by atoms with Crippen molar-refractivity contribution in [1.82, 2.24) is 5.32 Å². The van der Waals surface area contributed by atoms with E-state index in [4.69, 9.17) is 0 Å². The molecule has 4 heteroatoms. The number of aryl methyl sites for hydroxylation is 2. The van der Waals surface area contributed by atoms with Crippen LogP contribution in [0.4, 0.5) is 4.39 Å². The smallest absolute Gasteiger partial charge is 0.126 e. The van der Waals surface area contributed by atoms with E-state index in [-0.39, 0.29) is 11.9 Å². The molecule has 112 valence electrons. The number of thiophene rings is 1. The molecular formula is C17H20FNS2. The van der Waals surface area contributed by atoms with Crippen LogP contribution in [0, 0.1) is 12.7 Å². The van der Waals surface area contributed by atoms with Gasteiger partial charge in [-0.2, -0.15) is 11.8 Å². The normalized spacial score (nSPS) is 15.8. The first-order valence-electron chi connectivity index (χ1n) is 7.37. The maximum Gasteiger partial charge on any atom is 0.126 e. The molecule has 1 unspecified atom stereocenters. The van der Waals surface area contributed by atoms with Crippen LogP contribution in [-0.4, -0.2) is 12.3 Å². The summed E-state index contributed by atoms with van der Waals surface area (Å²) >= 11 is 3.89. The van der Waals surface area contributed by atoms with Crippen molar-refractivity contribution < 1.29 is 4.39 Å². The van der Waals surface area contributed by atoms with Crippen LogP contribution in [0.15, 0.2) is 24.3 Å². The van der Waals surface area contributed by atoms with Gasteiger partial charge in [-0.25, -0.2) is 4.39 Å². The highest BCUT2D eigenvalue weighted by Crippen LogP contribution is 2.36. The molecule has 2 heterocycles. The predicted octanol–water partition coefficient (Wildman–Crippen LogP) is 4.68. The van der Waals surface area contributed by atoms with Gasteiger partial charge in [-0.15, -0.1) is 11.3 Å². The SMILES string of the molecule is CCNC(c1ccc(C)c(F)c1)c1cc2c(s1)CCSC2. The average molecular weight is 321 g/mol. The highest BCUT2D eigenvalue weighted by atomic mass is 32.2. The molecule has 21 heavy (non-hydrogen) atoms. The lowest BCUT2D eigenvalue weighted by molar-refractivity contribution is 0.600. The summed E-state index contributed by atoms with van der Waals surface area (Å²) in [5.41, 5.74) is 3.20. The number of hydrogen-bond acceptors (Lipinski definition) is 3. The van der Waals surface area contributed by atoms with Crippen LogP contribution in [0.2, 0.25) is 0 Å². The first kappa shape index (κ1) is 15.1. The van der Waals surface area contributed by atoms with Gasteiger partial charge < -0.3 is 5.32 Å². The van der Waals surface area contributed by atoms with Gasteiger partial charge in [0.15, 0.2) is 0 Å². The first-order chi connectivity index (χ1) is 10.2. The number of nitrogens with one attached hydrogen (secondary N) is 1. The van der Waals surface area contributed by atoms with Gasteiger partial charge in [0.25, 0.3) is 0 Å². The van der Waals surface area contributed by atoms with Gasteiger partial charge in [0.05, 0.1) is 6.04 Å². The second kappa shape index (κ2) is 6.51. The molecule has 1 aliphatic heterocycles. The van der Waals surface area contributed by atoms with Gasteiger partial charge in [-0.3, -0.25) is 0 Å². The van der Waals surface area contributed by atoms with Gasteiger partial charge in [0, 0.05) is 15.5 Å². The summed E-state index contributed by atoms with van der Waals surface area (Å²) in [6, 6.07) is 8.01. The number of benzene rings is 1.